The minimum Gasteiger partial charge on any atom is -0.471 e. The van der Waals surface area contributed by atoms with E-state index in [4.69, 9.17) is 14.2 Å². The Labute approximate surface area is 169 Å². The molecule has 4 atom stereocenters. The number of imidazole rings is 1. The van der Waals surface area contributed by atoms with Crippen molar-refractivity contribution < 1.29 is 29.3 Å². The highest BCUT2D eigenvalue weighted by atomic mass is 16.6. The summed E-state index contributed by atoms with van der Waals surface area (Å²) in [5.74, 6) is 0.134. The van der Waals surface area contributed by atoms with E-state index in [9.17, 15) is 20.3 Å². The maximum atomic E-state index is 10.8. The number of nitrogens with zero attached hydrogens (tertiary/aromatic N) is 5. The van der Waals surface area contributed by atoms with Gasteiger partial charge in [-0.2, -0.15) is 9.97 Å². The van der Waals surface area contributed by atoms with Crippen molar-refractivity contribution in [2.24, 2.45) is 0 Å². The molecule has 3 heterocycles. The van der Waals surface area contributed by atoms with Crippen LogP contribution >= 0.6 is 0 Å². The highest BCUT2D eigenvalue weighted by molar-refractivity contribution is 5.76. The minimum absolute atomic E-state index is 0.0176. The Hall–Kier alpha value is -3.35. The first kappa shape index (κ1) is 19.9. The van der Waals surface area contributed by atoms with E-state index in [0.29, 0.717) is 16.7 Å². The van der Waals surface area contributed by atoms with Gasteiger partial charge in [0.2, 0.25) is 5.88 Å². The number of methoxy groups -OCH3 is 1. The average Bonchev–Trinajstić information content (AvgIpc) is 3.28. The van der Waals surface area contributed by atoms with Crippen LogP contribution in [-0.2, 0) is 11.3 Å². The Morgan fingerprint density at radius 2 is 1.97 bits per heavy atom. The Morgan fingerprint density at radius 1 is 1.23 bits per heavy atom. The van der Waals surface area contributed by atoms with Crippen molar-refractivity contribution in [2.75, 3.05) is 7.11 Å². The average molecular weight is 417 g/mol. The molecule has 2 N–H and O–H groups in total. The molecule has 1 fully saturated rings. The third kappa shape index (κ3) is 3.51. The lowest BCUT2D eigenvalue weighted by molar-refractivity contribution is -0.384. The van der Waals surface area contributed by atoms with Gasteiger partial charge in [-0.05, 0) is 24.6 Å². The van der Waals surface area contributed by atoms with Crippen molar-refractivity contribution in [3.05, 3.63) is 46.3 Å². The second-order valence-electron chi connectivity index (χ2n) is 6.76. The van der Waals surface area contributed by atoms with E-state index in [1.165, 1.54) is 30.1 Å². The number of ether oxygens (including phenoxy) is 3. The van der Waals surface area contributed by atoms with Gasteiger partial charge in [0.05, 0.1) is 24.5 Å². The number of fused-ring (bicyclic) bond motifs is 1. The Morgan fingerprint density at radius 3 is 2.57 bits per heavy atom. The molecule has 12 heteroatoms. The van der Waals surface area contributed by atoms with Crippen LogP contribution < -0.4 is 9.47 Å². The van der Waals surface area contributed by atoms with Crippen LogP contribution in [0.2, 0.25) is 0 Å². The van der Waals surface area contributed by atoms with Crippen LogP contribution in [0.4, 0.5) is 5.69 Å². The van der Waals surface area contributed by atoms with Crippen LogP contribution in [0.1, 0.15) is 18.7 Å². The van der Waals surface area contributed by atoms with Gasteiger partial charge in [-0.1, -0.05) is 0 Å². The molecule has 0 aliphatic carbocycles. The third-order valence-electron chi connectivity index (χ3n) is 4.83. The lowest BCUT2D eigenvalue weighted by atomic mass is 10.1. The van der Waals surface area contributed by atoms with Gasteiger partial charge in [0.1, 0.15) is 18.8 Å². The minimum atomic E-state index is -1.16. The summed E-state index contributed by atoms with van der Waals surface area (Å²) >= 11 is 0. The van der Waals surface area contributed by atoms with Gasteiger partial charge in [-0.3, -0.25) is 14.7 Å². The summed E-state index contributed by atoms with van der Waals surface area (Å²) in [4.78, 5) is 23.0. The number of hydrogen-bond donors (Lipinski definition) is 2. The van der Waals surface area contributed by atoms with Crippen LogP contribution in [0.25, 0.3) is 11.2 Å². The summed E-state index contributed by atoms with van der Waals surface area (Å²) in [6, 6.07) is 5.95. The maximum absolute atomic E-state index is 10.8. The molecule has 1 aromatic carbocycles. The Balaban J connectivity index is 1.63. The van der Waals surface area contributed by atoms with E-state index in [-0.39, 0.29) is 24.2 Å². The second-order valence-corrected chi connectivity index (χ2v) is 6.76. The van der Waals surface area contributed by atoms with Crippen molar-refractivity contribution in [3.8, 4) is 11.9 Å². The SMILES string of the molecule is COc1nc(OCc2ccc([N+](=O)[O-])cc2)c2ncn([C@@H]3O[C@H](C)[C@@H](O)[C@H]3O)c2n1. The molecule has 4 rings (SSSR count). The zero-order valence-electron chi connectivity index (χ0n) is 16.1. The Kier molecular flexibility index (Phi) is 5.20. The molecule has 0 amide bonds. The number of non-ortho nitro benzene ring substituents is 1. The first-order valence-corrected chi connectivity index (χ1v) is 9.05. The van der Waals surface area contributed by atoms with Gasteiger partial charge < -0.3 is 24.4 Å². The second kappa shape index (κ2) is 7.82. The molecule has 0 unspecified atom stereocenters. The fourth-order valence-electron chi connectivity index (χ4n) is 3.17. The van der Waals surface area contributed by atoms with Gasteiger partial charge in [-0.25, -0.2) is 4.98 Å². The van der Waals surface area contributed by atoms with E-state index in [1.54, 1.807) is 19.1 Å². The molecule has 30 heavy (non-hydrogen) atoms. The van der Waals surface area contributed by atoms with Crippen LogP contribution in [0.3, 0.4) is 0 Å². The molecule has 0 saturated carbocycles. The number of nitro groups is 1. The van der Waals surface area contributed by atoms with E-state index < -0.39 is 29.5 Å². The number of aliphatic hydroxyl groups is 2. The molecule has 0 spiro atoms. The lowest BCUT2D eigenvalue weighted by Crippen LogP contribution is -2.30. The number of benzene rings is 1. The quantitative estimate of drug-likeness (QED) is 0.437. The fraction of sp³-hybridized carbons (Fsp3) is 0.389. The molecular weight excluding hydrogens is 398 g/mol. The molecular formula is C18H19N5O7. The van der Waals surface area contributed by atoms with Crippen LogP contribution in [0.15, 0.2) is 30.6 Å². The number of rotatable bonds is 6. The third-order valence-corrected chi connectivity index (χ3v) is 4.83. The first-order chi connectivity index (χ1) is 14.4. The zero-order chi connectivity index (χ0) is 21.4. The predicted octanol–water partition coefficient (Wildman–Crippen LogP) is 0.961. The molecule has 158 valence electrons. The molecule has 1 saturated heterocycles. The van der Waals surface area contributed by atoms with Crippen molar-refractivity contribution in [1.29, 1.82) is 0 Å². The van der Waals surface area contributed by atoms with Gasteiger partial charge in [0.25, 0.3) is 5.69 Å². The molecule has 0 bridgehead atoms. The van der Waals surface area contributed by atoms with Crippen LogP contribution in [0, 0.1) is 10.1 Å². The number of aliphatic hydroxyl groups excluding tert-OH is 2. The monoisotopic (exact) mass is 417 g/mol. The maximum Gasteiger partial charge on any atom is 0.321 e. The standard InChI is InChI=1S/C18H19N5O7/c1-9-13(24)14(25)17(30-9)22-8-19-12-15(22)20-18(28-2)21-16(12)29-7-10-3-5-11(6-4-10)23(26)27/h3-6,8-9,13-14,17,24-25H,7H2,1-2H3/t9-,13-,14-,17-/m1/s1. The predicted molar refractivity (Wildman–Crippen MR) is 101 cm³/mol. The molecule has 1 aliphatic rings. The molecule has 12 nitrogen and oxygen atoms in total. The summed E-state index contributed by atoms with van der Waals surface area (Å²) < 4.78 is 18.0. The smallest absolute Gasteiger partial charge is 0.321 e. The van der Waals surface area contributed by atoms with Gasteiger partial charge >= 0.3 is 6.01 Å². The highest BCUT2D eigenvalue weighted by Gasteiger charge is 2.42. The zero-order valence-corrected chi connectivity index (χ0v) is 16.1. The van der Waals surface area contributed by atoms with Gasteiger partial charge in [0, 0.05) is 12.1 Å². The van der Waals surface area contributed by atoms with E-state index >= 15 is 0 Å². The first-order valence-electron chi connectivity index (χ1n) is 9.05. The fourth-order valence-corrected chi connectivity index (χ4v) is 3.17. The molecule has 0 radical (unpaired) electrons. The largest absolute Gasteiger partial charge is 0.471 e. The van der Waals surface area contributed by atoms with Gasteiger partial charge in [0.15, 0.2) is 17.4 Å². The Bertz CT molecular complexity index is 1070. The summed E-state index contributed by atoms with van der Waals surface area (Å²) in [7, 11) is 1.40. The normalized spacial score (nSPS) is 23.6. The van der Waals surface area contributed by atoms with Crippen molar-refractivity contribution >= 4 is 16.9 Å². The highest BCUT2D eigenvalue weighted by Crippen LogP contribution is 2.33. The van der Waals surface area contributed by atoms with E-state index in [2.05, 4.69) is 15.0 Å². The molecule has 1 aliphatic heterocycles. The molecule has 3 aromatic rings. The molecule has 2 aromatic heterocycles. The summed E-state index contributed by atoms with van der Waals surface area (Å²) in [6.45, 7) is 1.74. The number of nitro benzene ring substituents is 1. The van der Waals surface area contributed by atoms with Crippen molar-refractivity contribution in [3.63, 3.8) is 0 Å². The van der Waals surface area contributed by atoms with E-state index in [0.717, 1.165) is 0 Å². The number of aromatic nitrogens is 4. The van der Waals surface area contributed by atoms with E-state index in [1.807, 2.05) is 0 Å². The summed E-state index contributed by atoms with van der Waals surface area (Å²) in [5.41, 5.74) is 1.28. The van der Waals surface area contributed by atoms with Crippen LogP contribution in [0.5, 0.6) is 11.9 Å². The summed E-state index contributed by atoms with van der Waals surface area (Å²) in [5, 5.41) is 31.1. The topological polar surface area (TPSA) is 155 Å². The van der Waals surface area contributed by atoms with Crippen molar-refractivity contribution in [1.82, 2.24) is 19.5 Å². The summed E-state index contributed by atoms with van der Waals surface area (Å²) in [6.07, 6.45) is -2.25. The lowest BCUT2D eigenvalue weighted by Gasteiger charge is -2.16. The van der Waals surface area contributed by atoms with Crippen molar-refractivity contribution in [2.45, 2.75) is 38.1 Å². The number of hydrogen-bond acceptors (Lipinski definition) is 10. The van der Waals surface area contributed by atoms with Crippen LogP contribution in [-0.4, -0.2) is 60.1 Å². The van der Waals surface area contributed by atoms with Gasteiger partial charge in [-0.15, -0.1) is 0 Å².